The van der Waals surface area contributed by atoms with Crippen molar-refractivity contribution in [3.63, 3.8) is 0 Å². The van der Waals surface area contributed by atoms with Crippen LogP contribution in [0.3, 0.4) is 0 Å². The van der Waals surface area contributed by atoms with E-state index in [-0.39, 0.29) is 0 Å². The maximum atomic E-state index is 4.67. The van der Waals surface area contributed by atoms with Crippen LogP contribution >= 0.6 is 11.3 Å². The van der Waals surface area contributed by atoms with Gasteiger partial charge in [-0.15, -0.1) is 10.2 Å². The average molecular weight is 318 g/mol. The molecule has 1 saturated heterocycles. The predicted octanol–water partition coefficient (Wildman–Crippen LogP) is 2.97. The van der Waals surface area contributed by atoms with Gasteiger partial charge in [-0.3, -0.25) is 0 Å². The quantitative estimate of drug-likeness (QED) is 0.935. The number of aromatic nitrogens is 4. The molecule has 1 N–H and O–H groups in total. The number of hydrogen-bond donors (Lipinski definition) is 1. The van der Waals surface area contributed by atoms with E-state index in [9.17, 15) is 0 Å². The van der Waals surface area contributed by atoms with E-state index in [0.29, 0.717) is 12.0 Å². The van der Waals surface area contributed by atoms with E-state index in [1.165, 1.54) is 30.7 Å². The van der Waals surface area contributed by atoms with Crippen LogP contribution in [0.25, 0.3) is 0 Å². The van der Waals surface area contributed by atoms with Gasteiger partial charge in [0.05, 0.1) is 5.69 Å². The van der Waals surface area contributed by atoms with Gasteiger partial charge in [0.25, 0.3) is 0 Å². The summed E-state index contributed by atoms with van der Waals surface area (Å²) < 4.78 is 0. The fourth-order valence-electron chi connectivity index (χ4n) is 2.92. The lowest BCUT2D eigenvalue weighted by atomic mass is 9.93. The lowest BCUT2D eigenvalue weighted by Crippen LogP contribution is -2.39. The van der Waals surface area contributed by atoms with Gasteiger partial charge in [0, 0.05) is 24.6 Å². The molecule has 1 fully saturated rings. The van der Waals surface area contributed by atoms with Crippen LogP contribution in [0.2, 0.25) is 0 Å². The van der Waals surface area contributed by atoms with Crippen LogP contribution in [0.1, 0.15) is 44.1 Å². The van der Waals surface area contributed by atoms with E-state index in [0.717, 1.165) is 29.0 Å². The van der Waals surface area contributed by atoms with Gasteiger partial charge in [-0.1, -0.05) is 11.3 Å². The van der Waals surface area contributed by atoms with Crippen molar-refractivity contribution in [2.75, 3.05) is 18.4 Å². The average Bonchev–Trinajstić information content (AvgIpc) is 2.99. The third-order valence-corrected chi connectivity index (χ3v) is 4.66. The van der Waals surface area contributed by atoms with Crippen molar-refractivity contribution in [1.29, 1.82) is 0 Å². The lowest BCUT2D eigenvalue weighted by Gasteiger charge is -2.35. The molecule has 0 unspecified atom stereocenters. The zero-order chi connectivity index (χ0) is 15.5. The molecule has 118 valence electrons. The molecule has 0 radical (unpaired) electrons. The second kappa shape index (κ2) is 6.66. The third kappa shape index (κ3) is 3.59. The van der Waals surface area contributed by atoms with Gasteiger partial charge in [0.15, 0.2) is 0 Å². The molecule has 0 spiro atoms. The number of nitrogens with zero attached hydrogens (tertiary/aromatic N) is 5. The fraction of sp³-hybridized carbons (Fsp3) is 0.600. The molecule has 3 heterocycles. The van der Waals surface area contributed by atoms with E-state index in [2.05, 4.69) is 50.3 Å². The highest BCUT2D eigenvalue weighted by Gasteiger charge is 2.24. The molecular weight excluding hydrogens is 296 g/mol. The molecule has 0 saturated carbocycles. The Kier molecular flexibility index (Phi) is 4.63. The van der Waals surface area contributed by atoms with Crippen molar-refractivity contribution in [3.05, 3.63) is 23.1 Å². The minimum absolute atomic E-state index is 0.479. The number of likely N-dealkylation sites (tertiary alicyclic amines) is 1. The van der Waals surface area contributed by atoms with Crippen molar-refractivity contribution >= 4 is 22.3 Å². The molecule has 3 rings (SSSR count). The van der Waals surface area contributed by atoms with E-state index in [4.69, 9.17) is 0 Å². The Morgan fingerprint density at radius 2 is 2.23 bits per heavy atom. The Morgan fingerprint density at radius 3 is 2.95 bits per heavy atom. The first-order valence-corrected chi connectivity index (χ1v) is 8.62. The van der Waals surface area contributed by atoms with Crippen molar-refractivity contribution in [3.8, 4) is 0 Å². The van der Waals surface area contributed by atoms with Gasteiger partial charge < -0.3 is 10.2 Å². The van der Waals surface area contributed by atoms with Crippen LogP contribution < -0.4 is 5.32 Å². The molecule has 7 heteroatoms. The number of hydrogen-bond acceptors (Lipinski definition) is 7. The summed E-state index contributed by atoms with van der Waals surface area (Å²) in [6, 6.07) is 2.65. The highest BCUT2D eigenvalue weighted by molar-refractivity contribution is 7.13. The summed E-state index contributed by atoms with van der Waals surface area (Å²) in [7, 11) is 0. The Balaban J connectivity index is 1.79. The Morgan fingerprint density at radius 1 is 1.36 bits per heavy atom. The molecule has 1 aliphatic heterocycles. The number of anilines is 2. The summed E-state index contributed by atoms with van der Waals surface area (Å²) >= 11 is 1.47. The molecule has 2 aromatic heterocycles. The second-order valence-corrected chi connectivity index (χ2v) is 6.86. The molecule has 1 atom stereocenters. The Labute approximate surface area is 135 Å². The van der Waals surface area contributed by atoms with E-state index >= 15 is 0 Å². The number of nitrogens with one attached hydrogen (secondary N) is 1. The van der Waals surface area contributed by atoms with Crippen LogP contribution in [-0.2, 0) is 0 Å². The Bertz CT molecular complexity index is 613. The van der Waals surface area contributed by atoms with Crippen LogP contribution in [0.5, 0.6) is 0 Å². The number of rotatable bonds is 4. The maximum absolute atomic E-state index is 4.67. The van der Waals surface area contributed by atoms with Gasteiger partial charge in [0.1, 0.15) is 17.2 Å². The molecule has 0 amide bonds. The summed E-state index contributed by atoms with van der Waals surface area (Å²) in [4.78, 5) is 11.7. The molecule has 22 heavy (non-hydrogen) atoms. The molecule has 6 nitrogen and oxygen atoms in total. The van der Waals surface area contributed by atoms with Crippen LogP contribution in [-0.4, -0.2) is 44.2 Å². The van der Waals surface area contributed by atoms with Gasteiger partial charge in [-0.2, -0.15) is 0 Å². The zero-order valence-electron chi connectivity index (χ0n) is 13.3. The van der Waals surface area contributed by atoms with Crippen LogP contribution in [0.4, 0.5) is 10.9 Å². The first kappa shape index (κ1) is 15.3. The minimum Gasteiger partial charge on any atom is -0.315 e. The van der Waals surface area contributed by atoms with Gasteiger partial charge in [0.2, 0.25) is 5.13 Å². The fourth-order valence-corrected chi connectivity index (χ4v) is 3.37. The SMILES string of the molecule is Cc1nc(Nc2nncs2)cc([C@@H]2CCCN(C(C)C)C2)n1. The van der Waals surface area contributed by atoms with Crippen LogP contribution in [0.15, 0.2) is 11.6 Å². The number of aryl methyl sites for hydroxylation is 1. The second-order valence-electron chi connectivity index (χ2n) is 6.02. The molecule has 0 aromatic carbocycles. The lowest BCUT2D eigenvalue weighted by molar-refractivity contribution is 0.166. The smallest absolute Gasteiger partial charge is 0.210 e. The predicted molar refractivity (Wildman–Crippen MR) is 88.6 cm³/mol. The Hall–Kier alpha value is -1.60. The van der Waals surface area contributed by atoms with Crippen molar-refractivity contribution in [2.24, 2.45) is 0 Å². The summed E-state index contributed by atoms with van der Waals surface area (Å²) in [5.41, 5.74) is 2.84. The highest BCUT2D eigenvalue weighted by atomic mass is 32.1. The zero-order valence-corrected chi connectivity index (χ0v) is 14.1. The van der Waals surface area contributed by atoms with Gasteiger partial charge >= 0.3 is 0 Å². The van der Waals surface area contributed by atoms with E-state index in [1.807, 2.05) is 6.92 Å². The molecule has 0 bridgehead atoms. The van der Waals surface area contributed by atoms with E-state index in [1.54, 1.807) is 5.51 Å². The molecule has 0 aliphatic carbocycles. The molecule has 1 aliphatic rings. The monoisotopic (exact) mass is 318 g/mol. The van der Waals surface area contributed by atoms with Crippen molar-refractivity contribution in [1.82, 2.24) is 25.1 Å². The standard InChI is InChI=1S/C15H22N6S/c1-10(2)21-6-4-5-12(8-21)13-7-14(18-11(3)17-13)19-15-20-16-9-22-15/h7,9-10,12H,4-6,8H2,1-3H3,(H,17,18,19,20)/t12-/m1/s1. The van der Waals surface area contributed by atoms with Crippen molar-refractivity contribution < 1.29 is 0 Å². The first-order valence-electron chi connectivity index (χ1n) is 7.74. The number of piperidine rings is 1. The third-order valence-electron chi connectivity index (χ3n) is 4.05. The largest absolute Gasteiger partial charge is 0.315 e. The van der Waals surface area contributed by atoms with Crippen molar-refractivity contribution in [2.45, 2.75) is 45.6 Å². The minimum atomic E-state index is 0.479. The molecular formula is C15H22N6S. The summed E-state index contributed by atoms with van der Waals surface area (Å²) in [5.74, 6) is 2.08. The highest BCUT2D eigenvalue weighted by Crippen LogP contribution is 2.28. The summed E-state index contributed by atoms with van der Waals surface area (Å²) in [6.07, 6.45) is 2.42. The topological polar surface area (TPSA) is 66.8 Å². The van der Waals surface area contributed by atoms with Gasteiger partial charge in [-0.05, 0) is 40.2 Å². The summed E-state index contributed by atoms with van der Waals surface area (Å²) in [5, 5.41) is 11.8. The maximum Gasteiger partial charge on any atom is 0.210 e. The molecule has 2 aromatic rings. The van der Waals surface area contributed by atoms with Crippen LogP contribution in [0, 0.1) is 6.92 Å². The first-order chi connectivity index (χ1) is 10.6. The normalized spacial score (nSPS) is 19.5. The summed E-state index contributed by atoms with van der Waals surface area (Å²) in [6.45, 7) is 8.73. The van der Waals surface area contributed by atoms with E-state index < -0.39 is 0 Å². The van der Waals surface area contributed by atoms with Gasteiger partial charge in [-0.25, -0.2) is 9.97 Å².